The number of hydrogen-bond donors (Lipinski definition) is 1. The standard InChI is InChI=1S/C20H16ClNO3/c1-2-22-17(13-9-5-3-6-10-13)15(20(24)25)19(23)16(21)18(22)14-11-7-4-8-12-14/h3-12H,2H2,1H3,(H,24,25). The Hall–Kier alpha value is -2.85. The Morgan fingerprint density at radius 2 is 1.44 bits per heavy atom. The molecule has 3 rings (SSSR count). The molecule has 126 valence electrons. The first-order valence-electron chi connectivity index (χ1n) is 7.86. The van der Waals surface area contributed by atoms with Gasteiger partial charge in [0.1, 0.15) is 10.6 Å². The van der Waals surface area contributed by atoms with E-state index in [4.69, 9.17) is 11.6 Å². The van der Waals surface area contributed by atoms with Crippen molar-refractivity contribution in [3.8, 4) is 22.5 Å². The molecule has 0 atom stereocenters. The number of carboxylic acid groups (broad SMARTS) is 1. The van der Waals surface area contributed by atoms with Crippen molar-refractivity contribution in [2.24, 2.45) is 0 Å². The van der Waals surface area contributed by atoms with Crippen LogP contribution in [0.5, 0.6) is 0 Å². The highest BCUT2D eigenvalue weighted by molar-refractivity contribution is 6.33. The number of aromatic carboxylic acids is 1. The second-order valence-corrected chi connectivity index (χ2v) is 5.87. The fourth-order valence-corrected chi connectivity index (χ4v) is 3.29. The zero-order valence-corrected chi connectivity index (χ0v) is 14.3. The van der Waals surface area contributed by atoms with Gasteiger partial charge < -0.3 is 9.67 Å². The van der Waals surface area contributed by atoms with Gasteiger partial charge in [-0.25, -0.2) is 4.79 Å². The lowest BCUT2D eigenvalue weighted by atomic mass is 10.0. The summed E-state index contributed by atoms with van der Waals surface area (Å²) in [4.78, 5) is 24.6. The fraction of sp³-hybridized carbons (Fsp3) is 0.100. The molecule has 4 nitrogen and oxygen atoms in total. The molecule has 0 spiro atoms. The van der Waals surface area contributed by atoms with Gasteiger partial charge >= 0.3 is 5.97 Å². The smallest absolute Gasteiger partial charge is 0.341 e. The van der Waals surface area contributed by atoms with E-state index in [9.17, 15) is 14.7 Å². The van der Waals surface area contributed by atoms with Crippen molar-refractivity contribution in [2.75, 3.05) is 0 Å². The number of hydrogen-bond acceptors (Lipinski definition) is 2. The highest BCUT2D eigenvalue weighted by atomic mass is 35.5. The molecule has 25 heavy (non-hydrogen) atoms. The van der Waals surface area contributed by atoms with Gasteiger partial charge in [-0.1, -0.05) is 72.3 Å². The van der Waals surface area contributed by atoms with Crippen LogP contribution in [0, 0.1) is 0 Å². The summed E-state index contributed by atoms with van der Waals surface area (Å²) in [6.45, 7) is 2.36. The summed E-state index contributed by atoms with van der Waals surface area (Å²) < 4.78 is 1.79. The van der Waals surface area contributed by atoms with E-state index in [1.54, 1.807) is 16.7 Å². The molecule has 0 bridgehead atoms. The maximum absolute atomic E-state index is 12.7. The van der Waals surface area contributed by atoms with E-state index in [1.165, 1.54) is 0 Å². The molecule has 0 saturated heterocycles. The maximum Gasteiger partial charge on any atom is 0.341 e. The molecule has 0 saturated carbocycles. The lowest BCUT2D eigenvalue weighted by Gasteiger charge is -2.21. The van der Waals surface area contributed by atoms with Crippen LogP contribution < -0.4 is 5.43 Å². The minimum atomic E-state index is -1.28. The monoisotopic (exact) mass is 353 g/mol. The number of aromatic nitrogens is 1. The molecule has 3 aromatic rings. The third-order valence-electron chi connectivity index (χ3n) is 4.04. The Kier molecular flexibility index (Phi) is 4.72. The highest BCUT2D eigenvalue weighted by Crippen LogP contribution is 2.32. The molecule has 1 aromatic heterocycles. The topological polar surface area (TPSA) is 59.3 Å². The Morgan fingerprint density at radius 3 is 1.88 bits per heavy atom. The molecule has 0 radical (unpaired) electrons. The number of pyridine rings is 1. The van der Waals surface area contributed by atoms with Crippen molar-refractivity contribution < 1.29 is 9.90 Å². The molecule has 0 fully saturated rings. The van der Waals surface area contributed by atoms with Gasteiger partial charge in [-0.15, -0.1) is 0 Å². The molecule has 0 unspecified atom stereocenters. The van der Waals surface area contributed by atoms with Crippen LogP contribution >= 0.6 is 11.6 Å². The van der Waals surface area contributed by atoms with Gasteiger partial charge in [0.15, 0.2) is 0 Å². The molecular formula is C20H16ClNO3. The molecule has 2 aromatic carbocycles. The lowest BCUT2D eigenvalue weighted by Crippen LogP contribution is -2.23. The average Bonchev–Trinajstić information content (AvgIpc) is 2.64. The Balaban J connectivity index is 2.50. The van der Waals surface area contributed by atoms with E-state index in [-0.39, 0.29) is 10.6 Å². The summed E-state index contributed by atoms with van der Waals surface area (Å²) in [5, 5.41) is 9.56. The number of carboxylic acids is 1. The number of halogens is 1. The van der Waals surface area contributed by atoms with Gasteiger partial charge in [0, 0.05) is 6.54 Å². The minimum absolute atomic E-state index is 0.0786. The van der Waals surface area contributed by atoms with Crippen LogP contribution in [0.2, 0.25) is 5.02 Å². The second-order valence-electron chi connectivity index (χ2n) is 5.50. The van der Waals surface area contributed by atoms with E-state index in [2.05, 4.69) is 0 Å². The summed E-state index contributed by atoms with van der Waals surface area (Å²) in [6.07, 6.45) is 0. The summed E-state index contributed by atoms with van der Waals surface area (Å²) >= 11 is 6.32. The fourth-order valence-electron chi connectivity index (χ4n) is 2.98. The number of carbonyl (C=O) groups is 1. The summed E-state index contributed by atoms with van der Waals surface area (Å²) in [5.74, 6) is -1.28. The maximum atomic E-state index is 12.7. The normalized spacial score (nSPS) is 10.6. The first-order chi connectivity index (χ1) is 12.1. The van der Waals surface area contributed by atoms with Gasteiger partial charge in [0.25, 0.3) is 0 Å². The first kappa shape index (κ1) is 17.0. The van der Waals surface area contributed by atoms with Gasteiger partial charge in [-0.2, -0.15) is 0 Å². The predicted molar refractivity (Wildman–Crippen MR) is 99.2 cm³/mol. The van der Waals surface area contributed by atoms with E-state index in [1.807, 2.05) is 55.5 Å². The Labute approximate surface area is 149 Å². The molecular weight excluding hydrogens is 338 g/mol. The van der Waals surface area contributed by atoms with Crippen molar-refractivity contribution in [1.29, 1.82) is 0 Å². The van der Waals surface area contributed by atoms with Crippen molar-refractivity contribution in [3.63, 3.8) is 0 Å². The Bertz CT molecular complexity index is 979. The van der Waals surface area contributed by atoms with Crippen LogP contribution in [0.25, 0.3) is 22.5 Å². The molecule has 0 aliphatic heterocycles. The van der Waals surface area contributed by atoms with E-state index in [0.717, 1.165) is 5.56 Å². The quantitative estimate of drug-likeness (QED) is 0.748. The van der Waals surface area contributed by atoms with Crippen molar-refractivity contribution in [2.45, 2.75) is 13.5 Å². The molecule has 1 heterocycles. The Morgan fingerprint density at radius 1 is 0.960 bits per heavy atom. The van der Waals surface area contributed by atoms with Crippen LogP contribution in [-0.2, 0) is 6.54 Å². The number of nitrogens with zero attached hydrogens (tertiary/aromatic N) is 1. The van der Waals surface area contributed by atoms with Gasteiger partial charge in [-0.05, 0) is 18.1 Å². The van der Waals surface area contributed by atoms with Gasteiger partial charge in [-0.3, -0.25) is 4.79 Å². The van der Waals surface area contributed by atoms with E-state index < -0.39 is 11.4 Å². The molecule has 0 aliphatic carbocycles. The molecule has 0 amide bonds. The van der Waals surface area contributed by atoms with Crippen molar-refractivity contribution in [1.82, 2.24) is 4.57 Å². The largest absolute Gasteiger partial charge is 0.477 e. The van der Waals surface area contributed by atoms with Crippen LogP contribution in [0.1, 0.15) is 17.3 Å². The summed E-state index contributed by atoms with van der Waals surface area (Å²) in [7, 11) is 0. The lowest BCUT2D eigenvalue weighted by molar-refractivity contribution is 0.0695. The SMILES string of the molecule is CCn1c(-c2ccccc2)c(Cl)c(=O)c(C(=O)O)c1-c1ccccc1. The van der Waals surface area contributed by atoms with Crippen molar-refractivity contribution >= 4 is 17.6 Å². The zero-order valence-electron chi connectivity index (χ0n) is 13.6. The van der Waals surface area contributed by atoms with Crippen LogP contribution in [0.3, 0.4) is 0 Å². The average molecular weight is 354 g/mol. The third kappa shape index (κ3) is 2.96. The number of benzene rings is 2. The van der Waals surface area contributed by atoms with E-state index >= 15 is 0 Å². The minimum Gasteiger partial charge on any atom is -0.477 e. The first-order valence-corrected chi connectivity index (χ1v) is 8.24. The second kappa shape index (κ2) is 6.95. The predicted octanol–water partition coefficient (Wildman–Crippen LogP) is 4.55. The van der Waals surface area contributed by atoms with Crippen LogP contribution in [0.4, 0.5) is 0 Å². The third-order valence-corrected chi connectivity index (χ3v) is 4.39. The molecule has 0 aliphatic rings. The molecule has 1 N–H and O–H groups in total. The van der Waals surface area contributed by atoms with Crippen LogP contribution in [0.15, 0.2) is 65.5 Å². The zero-order chi connectivity index (χ0) is 18.0. The molecule has 5 heteroatoms. The summed E-state index contributed by atoms with van der Waals surface area (Å²) in [5.41, 5.74) is 1.34. The number of rotatable bonds is 4. The summed E-state index contributed by atoms with van der Waals surface area (Å²) in [6, 6.07) is 18.3. The highest BCUT2D eigenvalue weighted by Gasteiger charge is 2.25. The van der Waals surface area contributed by atoms with Gasteiger partial charge in [0.05, 0.1) is 11.4 Å². The van der Waals surface area contributed by atoms with Crippen molar-refractivity contribution in [3.05, 3.63) is 81.5 Å². The van der Waals surface area contributed by atoms with Gasteiger partial charge in [0.2, 0.25) is 5.43 Å². The van der Waals surface area contributed by atoms with E-state index in [0.29, 0.717) is 23.5 Å². The van der Waals surface area contributed by atoms with Crippen LogP contribution in [-0.4, -0.2) is 15.6 Å².